The molecular weight excluding hydrogens is 667 g/mol. The Balaban J connectivity index is 0.969. The van der Waals surface area contributed by atoms with E-state index < -0.39 is 0 Å². The predicted molar refractivity (Wildman–Crippen MR) is 213 cm³/mol. The highest BCUT2D eigenvalue weighted by Crippen LogP contribution is 2.55. The Labute approximate surface area is 311 Å². The second-order valence-corrected chi connectivity index (χ2v) is 14.4. The molecule has 0 saturated carbocycles. The van der Waals surface area contributed by atoms with Crippen LogP contribution in [0, 0.1) is 0 Å². The minimum atomic E-state index is -0.152. The number of aromatic nitrogens is 3. The molecule has 256 valence electrons. The van der Waals surface area contributed by atoms with Gasteiger partial charge in [-0.3, -0.25) is 0 Å². The van der Waals surface area contributed by atoms with E-state index in [0.717, 1.165) is 49.8 Å². The lowest BCUT2D eigenvalue weighted by Crippen LogP contribution is -2.15. The Hall–Kier alpha value is -7.05. The molecule has 3 heterocycles. The summed E-state index contributed by atoms with van der Waals surface area (Å²) in [6.07, 6.45) is 0. The molecule has 0 bridgehead atoms. The molecule has 9 aromatic rings. The zero-order chi connectivity index (χ0) is 36.0. The topological polar surface area (TPSA) is 70.3 Å². The van der Waals surface area contributed by atoms with Gasteiger partial charge in [-0.15, -0.1) is 0 Å². The first-order valence-corrected chi connectivity index (χ1v) is 18.1. The van der Waals surface area contributed by atoms with Gasteiger partial charge in [0.1, 0.15) is 11.2 Å². The lowest BCUT2D eigenvalue weighted by atomic mass is 9.82. The summed E-state index contributed by atoms with van der Waals surface area (Å²) in [6.45, 7) is 4.52. The van der Waals surface area contributed by atoms with Gasteiger partial charge in [-0.05, 0) is 64.2 Å². The highest BCUT2D eigenvalue weighted by Gasteiger charge is 2.37. The van der Waals surface area contributed by atoms with Crippen molar-refractivity contribution in [2.45, 2.75) is 19.3 Å². The molecule has 11 rings (SSSR count). The highest BCUT2D eigenvalue weighted by molar-refractivity contribution is 6.09. The standard InChI is InChI=1S/C48H31N3O3/c1-48(2)37-17-8-6-13-33(37)36-26-42-43(27-38(36)48)53-41-25-31(23-24-40(41)52-42)47-50-45(29-11-4-3-5-12-29)49-46(51-47)30-21-19-28(20-22-30)32-15-10-16-35-34-14-7-9-18-39(34)54-44(32)35/h3-27H,1-2H3. The number of ether oxygens (including phenoxy) is 2. The van der Waals surface area contributed by atoms with Gasteiger partial charge in [0.15, 0.2) is 40.5 Å². The van der Waals surface area contributed by atoms with Gasteiger partial charge in [0, 0.05) is 38.4 Å². The third-order valence-electron chi connectivity index (χ3n) is 10.8. The van der Waals surface area contributed by atoms with Crippen molar-refractivity contribution < 1.29 is 13.9 Å². The third-order valence-corrected chi connectivity index (χ3v) is 10.8. The number of furan rings is 1. The first-order chi connectivity index (χ1) is 26.5. The van der Waals surface area contributed by atoms with Crippen molar-refractivity contribution in [2.75, 3.05) is 0 Å². The second kappa shape index (κ2) is 11.5. The van der Waals surface area contributed by atoms with Crippen LogP contribution in [0.5, 0.6) is 23.0 Å². The van der Waals surface area contributed by atoms with Gasteiger partial charge in [0.05, 0.1) is 0 Å². The number of fused-ring (bicyclic) bond motifs is 8. The van der Waals surface area contributed by atoms with Crippen LogP contribution < -0.4 is 9.47 Å². The van der Waals surface area contributed by atoms with Gasteiger partial charge < -0.3 is 13.9 Å². The first-order valence-electron chi connectivity index (χ1n) is 18.1. The summed E-state index contributed by atoms with van der Waals surface area (Å²) >= 11 is 0. The number of para-hydroxylation sites is 2. The average Bonchev–Trinajstić information content (AvgIpc) is 3.71. The van der Waals surface area contributed by atoms with Crippen molar-refractivity contribution in [1.29, 1.82) is 0 Å². The molecule has 0 saturated heterocycles. The Morgan fingerprint density at radius 2 is 1.00 bits per heavy atom. The van der Waals surface area contributed by atoms with E-state index in [0.29, 0.717) is 40.5 Å². The van der Waals surface area contributed by atoms with E-state index in [1.807, 2.05) is 66.7 Å². The lowest BCUT2D eigenvalue weighted by Gasteiger charge is -2.25. The summed E-state index contributed by atoms with van der Waals surface area (Å²) < 4.78 is 19.4. The first kappa shape index (κ1) is 30.6. The predicted octanol–water partition coefficient (Wildman–Crippen LogP) is 12.6. The fourth-order valence-electron chi connectivity index (χ4n) is 8.04. The van der Waals surface area contributed by atoms with Crippen molar-refractivity contribution in [3.05, 3.63) is 163 Å². The van der Waals surface area contributed by atoms with Crippen molar-refractivity contribution in [2.24, 2.45) is 0 Å². The molecule has 0 unspecified atom stereocenters. The van der Waals surface area contributed by atoms with Crippen molar-refractivity contribution in [3.8, 4) is 79.4 Å². The molecule has 0 spiro atoms. The molecule has 1 aliphatic heterocycles. The van der Waals surface area contributed by atoms with Crippen molar-refractivity contribution in [1.82, 2.24) is 15.0 Å². The van der Waals surface area contributed by atoms with Crippen molar-refractivity contribution in [3.63, 3.8) is 0 Å². The molecule has 54 heavy (non-hydrogen) atoms. The van der Waals surface area contributed by atoms with Crippen LogP contribution in [0.15, 0.2) is 156 Å². The molecule has 0 amide bonds. The van der Waals surface area contributed by atoms with Crippen LogP contribution in [0.3, 0.4) is 0 Å². The Kier molecular flexibility index (Phi) is 6.49. The van der Waals surface area contributed by atoms with Gasteiger partial charge in [-0.25, -0.2) is 15.0 Å². The smallest absolute Gasteiger partial charge is 0.170 e. The van der Waals surface area contributed by atoms with Crippen LogP contribution in [0.25, 0.3) is 78.4 Å². The van der Waals surface area contributed by atoms with E-state index in [1.54, 1.807) is 0 Å². The molecule has 2 aliphatic rings. The minimum Gasteiger partial charge on any atom is -0.455 e. The average molecular weight is 698 g/mol. The largest absolute Gasteiger partial charge is 0.455 e. The Morgan fingerprint density at radius 3 is 1.83 bits per heavy atom. The van der Waals surface area contributed by atoms with Gasteiger partial charge in [0.2, 0.25) is 0 Å². The number of hydrogen-bond acceptors (Lipinski definition) is 6. The molecule has 0 fully saturated rings. The van der Waals surface area contributed by atoms with Crippen molar-refractivity contribution >= 4 is 21.9 Å². The maximum absolute atomic E-state index is 6.59. The van der Waals surface area contributed by atoms with E-state index in [9.17, 15) is 0 Å². The zero-order valence-corrected chi connectivity index (χ0v) is 29.5. The monoisotopic (exact) mass is 697 g/mol. The van der Waals surface area contributed by atoms with Crippen LogP contribution in [0.4, 0.5) is 0 Å². The molecule has 6 heteroatoms. The van der Waals surface area contributed by atoms with Gasteiger partial charge in [-0.2, -0.15) is 0 Å². The van der Waals surface area contributed by atoms with E-state index in [-0.39, 0.29) is 5.41 Å². The summed E-state index contributed by atoms with van der Waals surface area (Å²) in [4.78, 5) is 15.0. The SMILES string of the molecule is CC1(C)c2ccccc2-c2cc3c(cc21)Oc1cc(-c2nc(-c4ccccc4)nc(-c4ccc(-c5cccc6c5oc5ccccc56)cc4)n2)ccc1O3. The maximum atomic E-state index is 6.59. The normalized spacial score (nSPS) is 13.4. The second-order valence-electron chi connectivity index (χ2n) is 14.4. The number of nitrogens with zero attached hydrogens (tertiary/aromatic N) is 3. The van der Waals surface area contributed by atoms with E-state index in [1.165, 1.54) is 22.3 Å². The van der Waals surface area contributed by atoms with Crippen LogP contribution in [-0.2, 0) is 5.41 Å². The van der Waals surface area contributed by atoms with Crippen LogP contribution in [0.1, 0.15) is 25.0 Å². The molecule has 7 aromatic carbocycles. The van der Waals surface area contributed by atoms with E-state index >= 15 is 0 Å². The molecule has 0 radical (unpaired) electrons. The minimum absolute atomic E-state index is 0.152. The summed E-state index contributed by atoms with van der Waals surface area (Å²) in [5.74, 6) is 4.35. The molecule has 0 atom stereocenters. The molecular formula is C48H31N3O3. The zero-order valence-electron chi connectivity index (χ0n) is 29.5. The summed E-state index contributed by atoms with van der Waals surface area (Å²) in [7, 11) is 0. The molecule has 6 nitrogen and oxygen atoms in total. The van der Waals surface area contributed by atoms with Crippen LogP contribution in [0.2, 0.25) is 0 Å². The number of rotatable bonds is 4. The lowest BCUT2D eigenvalue weighted by molar-refractivity contribution is 0.359. The molecule has 0 N–H and O–H groups in total. The number of benzene rings is 7. The van der Waals surface area contributed by atoms with Crippen LogP contribution in [-0.4, -0.2) is 15.0 Å². The highest BCUT2D eigenvalue weighted by atomic mass is 16.6. The summed E-state index contributed by atoms with van der Waals surface area (Å²) in [5, 5.41) is 2.21. The van der Waals surface area contributed by atoms with Gasteiger partial charge in [0.25, 0.3) is 0 Å². The summed E-state index contributed by atoms with van der Waals surface area (Å²) in [5.41, 5.74) is 11.2. The van der Waals surface area contributed by atoms with Gasteiger partial charge >= 0.3 is 0 Å². The van der Waals surface area contributed by atoms with E-state index in [2.05, 4.69) is 98.8 Å². The third kappa shape index (κ3) is 4.70. The fraction of sp³-hybridized carbons (Fsp3) is 0.0625. The summed E-state index contributed by atoms with van der Waals surface area (Å²) in [6, 6.07) is 51.4. The fourth-order valence-corrected chi connectivity index (χ4v) is 8.04. The maximum Gasteiger partial charge on any atom is 0.170 e. The quantitative estimate of drug-likeness (QED) is 0.182. The molecule has 2 aromatic heterocycles. The van der Waals surface area contributed by atoms with Crippen LogP contribution >= 0.6 is 0 Å². The molecule has 1 aliphatic carbocycles. The van der Waals surface area contributed by atoms with E-state index in [4.69, 9.17) is 28.8 Å². The number of hydrogen-bond donors (Lipinski definition) is 0. The Bertz CT molecular complexity index is 2970. The van der Waals surface area contributed by atoms with Gasteiger partial charge in [-0.1, -0.05) is 129 Å². The Morgan fingerprint density at radius 1 is 0.407 bits per heavy atom.